The fourth-order valence-corrected chi connectivity index (χ4v) is 2.57. The van der Waals surface area contributed by atoms with Crippen molar-refractivity contribution >= 4 is 46.4 Å². The van der Waals surface area contributed by atoms with Crippen LogP contribution in [0.5, 0.6) is 0 Å². The van der Waals surface area contributed by atoms with Gasteiger partial charge >= 0.3 is 0 Å². The number of nitrogens with zero attached hydrogens (tertiary/aromatic N) is 1. The zero-order chi connectivity index (χ0) is 12.3. The fraction of sp³-hybridized carbons (Fsp3) is 0.154. The molecule has 0 bridgehead atoms. The van der Waals surface area contributed by atoms with Crippen LogP contribution in [0.2, 0.25) is 0 Å². The van der Waals surface area contributed by atoms with E-state index in [4.69, 9.17) is 11.6 Å². The van der Waals surface area contributed by atoms with Crippen molar-refractivity contribution in [3.05, 3.63) is 35.7 Å². The summed E-state index contributed by atoms with van der Waals surface area (Å²) < 4.78 is 0. The zero-order valence-corrected chi connectivity index (χ0v) is 11.8. The van der Waals surface area contributed by atoms with Crippen LogP contribution in [-0.4, -0.2) is 5.17 Å². The van der Waals surface area contributed by atoms with Crippen LogP contribution in [0.1, 0.15) is 13.3 Å². The van der Waals surface area contributed by atoms with Gasteiger partial charge in [-0.2, -0.15) is 0 Å². The van der Waals surface area contributed by atoms with Crippen molar-refractivity contribution in [2.45, 2.75) is 18.2 Å². The molecular weight excluding hydrogens is 270 g/mol. The quantitative estimate of drug-likeness (QED) is 0.573. The third-order valence-electron chi connectivity index (χ3n) is 2.33. The third kappa shape index (κ3) is 2.92. The van der Waals surface area contributed by atoms with E-state index in [0.29, 0.717) is 5.17 Å². The predicted octanol–water partition coefficient (Wildman–Crippen LogP) is 5.38. The Bertz CT molecular complexity index is 532. The summed E-state index contributed by atoms with van der Waals surface area (Å²) in [4.78, 5) is 6.48. The minimum Gasteiger partial charge on any atom is -0.239 e. The number of aliphatic imine (C=N–C) groups is 1. The molecule has 0 aliphatic heterocycles. The Hall–Kier alpha value is -0.770. The van der Waals surface area contributed by atoms with E-state index in [1.165, 1.54) is 4.88 Å². The molecule has 1 aromatic heterocycles. The van der Waals surface area contributed by atoms with Crippen LogP contribution < -0.4 is 0 Å². The van der Waals surface area contributed by atoms with Crippen molar-refractivity contribution in [1.82, 2.24) is 0 Å². The number of benzene rings is 1. The lowest BCUT2D eigenvalue weighted by Gasteiger charge is -2.06. The highest BCUT2D eigenvalue weighted by molar-refractivity contribution is 7.80. The molecule has 2 aromatic rings. The van der Waals surface area contributed by atoms with E-state index in [2.05, 4.69) is 29.1 Å². The Morgan fingerprint density at radius 1 is 1.35 bits per heavy atom. The number of thiophene rings is 1. The van der Waals surface area contributed by atoms with Crippen LogP contribution in [0.25, 0.3) is 10.4 Å². The van der Waals surface area contributed by atoms with Gasteiger partial charge in [-0.25, -0.2) is 4.99 Å². The summed E-state index contributed by atoms with van der Waals surface area (Å²) in [6.45, 7) is 1.98. The van der Waals surface area contributed by atoms with Crippen molar-refractivity contribution in [2.24, 2.45) is 4.99 Å². The van der Waals surface area contributed by atoms with Crippen LogP contribution in [0.4, 0.5) is 5.69 Å². The van der Waals surface area contributed by atoms with Gasteiger partial charge in [-0.1, -0.05) is 36.7 Å². The summed E-state index contributed by atoms with van der Waals surface area (Å²) >= 11 is 12.2. The van der Waals surface area contributed by atoms with Gasteiger partial charge in [0.1, 0.15) is 5.17 Å². The molecule has 0 fully saturated rings. The van der Waals surface area contributed by atoms with Crippen molar-refractivity contribution in [1.29, 1.82) is 0 Å². The second kappa shape index (κ2) is 5.71. The van der Waals surface area contributed by atoms with Crippen LogP contribution in [0, 0.1) is 0 Å². The fourth-order valence-electron chi connectivity index (χ4n) is 1.48. The van der Waals surface area contributed by atoms with Gasteiger partial charge in [-0.3, -0.25) is 0 Å². The van der Waals surface area contributed by atoms with E-state index in [1.54, 1.807) is 11.3 Å². The maximum atomic E-state index is 6.02. The first-order valence-corrected chi connectivity index (χ1v) is 7.01. The Labute approximate surface area is 116 Å². The molecule has 4 heteroatoms. The molecule has 0 saturated carbocycles. The largest absolute Gasteiger partial charge is 0.239 e. The lowest BCUT2D eigenvalue weighted by atomic mass is 10.1. The molecule has 0 unspecified atom stereocenters. The summed E-state index contributed by atoms with van der Waals surface area (Å²) in [6, 6.07) is 10.1. The van der Waals surface area contributed by atoms with Gasteiger partial charge in [0.15, 0.2) is 0 Å². The highest BCUT2D eigenvalue weighted by atomic mass is 35.5. The number of hydrogen-bond donors (Lipinski definition) is 1. The van der Waals surface area contributed by atoms with E-state index in [1.807, 2.05) is 31.2 Å². The minimum absolute atomic E-state index is 0.601. The average molecular weight is 282 g/mol. The molecule has 0 spiro atoms. The molecule has 0 atom stereocenters. The summed E-state index contributed by atoms with van der Waals surface area (Å²) in [7, 11) is 0. The maximum absolute atomic E-state index is 6.02. The molecule has 0 saturated heterocycles. The smallest absolute Gasteiger partial charge is 0.106 e. The third-order valence-corrected chi connectivity index (χ3v) is 3.94. The van der Waals surface area contributed by atoms with Crippen molar-refractivity contribution in [3.8, 4) is 10.4 Å². The Morgan fingerprint density at radius 2 is 2.18 bits per heavy atom. The molecule has 88 valence electrons. The minimum atomic E-state index is 0.601. The average Bonchev–Trinajstić information content (AvgIpc) is 2.85. The summed E-state index contributed by atoms with van der Waals surface area (Å²) in [5.74, 6) is 0. The number of para-hydroxylation sites is 1. The van der Waals surface area contributed by atoms with Gasteiger partial charge < -0.3 is 0 Å². The van der Waals surface area contributed by atoms with Gasteiger partial charge in [-0.05, 0) is 23.9 Å². The highest BCUT2D eigenvalue weighted by Gasteiger charge is 2.08. The van der Waals surface area contributed by atoms with E-state index in [0.717, 1.165) is 22.6 Å². The number of halogens is 1. The standard InChI is InChI=1S/C13H12ClNS2/c1-2-12(14)15-13-9(5-3-6-10(13)16)11-7-4-8-17-11/h3-8,16H,2H2,1H3. The Morgan fingerprint density at radius 3 is 2.82 bits per heavy atom. The molecule has 0 aliphatic rings. The molecule has 17 heavy (non-hydrogen) atoms. The summed E-state index contributed by atoms with van der Waals surface area (Å²) in [5.41, 5.74) is 1.93. The van der Waals surface area contributed by atoms with Gasteiger partial charge in [0.2, 0.25) is 0 Å². The first-order chi connectivity index (χ1) is 8.22. The van der Waals surface area contributed by atoms with Crippen LogP contribution in [0.3, 0.4) is 0 Å². The molecule has 0 aliphatic carbocycles. The van der Waals surface area contributed by atoms with Crippen molar-refractivity contribution in [2.75, 3.05) is 0 Å². The number of hydrogen-bond acceptors (Lipinski definition) is 3. The van der Waals surface area contributed by atoms with Crippen LogP contribution in [-0.2, 0) is 0 Å². The molecule has 1 heterocycles. The molecule has 0 radical (unpaired) electrons. The monoisotopic (exact) mass is 281 g/mol. The Balaban J connectivity index is 2.57. The Kier molecular flexibility index (Phi) is 4.26. The van der Waals surface area contributed by atoms with E-state index < -0.39 is 0 Å². The van der Waals surface area contributed by atoms with E-state index in [-0.39, 0.29) is 0 Å². The van der Waals surface area contributed by atoms with Gasteiger partial charge in [-0.15, -0.1) is 24.0 Å². The first kappa shape index (κ1) is 12.7. The number of thiol groups is 1. The first-order valence-electron chi connectivity index (χ1n) is 5.31. The normalized spacial score (nSPS) is 11.8. The molecule has 0 N–H and O–H groups in total. The van der Waals surface area contributed by atoms with Crippen molar-refractivity contribution in [3.63, 3.8) is 0 Å². The summed E-state index contributed by atoms with van der Waals surface area (Å²) in [5, 5.41) is 2.65. The molecule has 0 amide bonds. The van der Waals surface area contributed by atoms with Crippen LogP contribution in [0.15, 0.2) is 45.6 Å². The SMILES string of the molecule is CCC(Cl)=Nc1c(S)cccc1-c1cccs1. The van der Waals surface area contributed by atoms with Crippen LogP contribution >= 0.6 is 35.6 Å². The lowest BCUT2D eigenvalue weighted by Crippen LogP contribution is -1.84. The molecule has 1 aromatic carbocycles. The molecule has 2 rings (SSSR count). The van der Waals surface area contributed by atoms with Gasteiger partial charge in [0.05, 0.1) is 5.69 Å². The second-order valence-corrected chi connectivity index (χ2v) is 5.36. The lowest BCUT2D eigenvalue weighted by molar-refractivity contribution is 1.28. The van der Waals surface area contributed by atoms with Gasteiger partial charge in [0.25, 0.3) is 0 Å². The zero-order valence-electron chi connectivity index (χ0n) is 9.35. The topological polar surface area (TPSA) is 12.4 Å². The second-order valence-electron chi connectivity index (χ2n) is 3.49. The molecule has 1 nitrogen and oxygen atoms in total. The number of rotatable bonds is 3. The van der Waals surface area contributed by atoms with E-state index >= 15 is 0 Å². The summed E-state index contributed by atoms with van der Waals surface area (Å²) in [6.07, 6.45) is 0.730. The van der Waals surface area contributed by atoms with Crippen molar-refractivity contribution < 1.29 is 0 Å². The van der Waals surface area contributed by atoms with Gasteiger partial charge in [0, 0.05) is 15.3 Å². The van der Waals surface area contributed by atoms with E-state index in [9.17, 15) is 0 Å². The molecular formula is C13H12ClNS2. The highest BCUT2D eigenvalue weighted by Crippen LogP contribution is 2.37. The predicted molar refractivity (Wildman–Crippen MR) is 80.2 cm³/mol. The maximum Gasteiger partial charge on any atom is 0.106 e.